The molecule has 2 aliphatic rings. The second-order valence-electron chi connectivity index (χ2n) is 6.36. The quantitative estimate of drug-likeness (QED) is 0.757. The number of likely N-dealkylation sites (tertiary alicyclic amines) is 1. The van der Waals surface area contributed by atoms with Crippen LogP contribution in [0.3, 0.4) is 0 Å². The first-order chi connectivity index (χ1) is 8.25. The molecule has 0 amide bonds. The van der Waals surface area contributed by atoms with Crippen molar-refractivity contribution in [2.45, 2.75) is 70.9 Å². The molecule has 2 heteroatoms. The highest BCUT2D eigenvalue weighted by molar-refractivity contribution is 4.83. The summed E-state index contributed by atoms with van der Waals surface area (Å²) in [5.41, 5.74) is 0. The third-order valence-corrected chi connectivity index (χ3v) is 4.47. The monoisotopic (exact) mass is 238 g/mol. The van der Waals surface area contributed by atoms with Gasteiger partial charge in [0.25, 0.3) is 0 Å². The lowest BCUT2D eigenvalue weighted by Gasteiger charge is -2.27. The van der Waals surface area contributed by atoms with Crippen LogP contribution in [-0.2, 0) is 0 Å². The summed E-state index contributed by atoms with van der Waals surface area (Å²) in [6.45, 7) is 8.43. The van der Waals surface area contributed by atoms with E-state index in [0.29, 0.717) is 6.04 Å². The average Bonchev–Trinajstić information content (AvgIpc) is 2.60. The van der Waals surface area contributed by atoms with Crippen molar-refractivity contribution >= 4 is 0 Å². The molecule has 2 fully saturated rings. The van der Waals surface area contributed by atoms with Crippen LogP contribution in [0.5, 0.6) is 0 Å². The Labute approximate surface area is 107 Å². The van der Waals surface area contributed by atoms with E-state index in [1.165, 1.54) is 64.6 Å². The molecule has 100 valence electrons. The Balaban J connectivity index is 1.72. The van der Waals surface area contributed by atoms with Crippen LogP contribution in [0, 0.1) is 5.92 Å². The molecule has 0 spiro atoms. The van der Waals surface area contributed by atoms with Crippen LogP contribution in [0.25, 0.3) is 0 Å². The topological polar surface area (TPSA) is 15.3 Å². The zero-order valence-corrected chi connectivity index (χ0v) is 11.8. The smallest absolute Gasteiger partial charge is 0.00953 e. The molecule has 0 bridgehead atoms. The van der Waals surface area contributed by atoms with Crippen molar-refractivity contribution in [1.29, 1.82) is 0 Å². The summed E-state index contributed by atoms with van der Waals surface area (Å²) in [7, 11) is 0. The number of nitrogens with zero attached hydrogens (tertiary/aromatic N) is 1. The zero-order chi connectivity index (χ0) is 12.1. The molecule has 17 heavy (non-hydrogen) atoms. The fourth-order valence-electron chi connectivity index (χ4n) is 3.39. The highest BCUT2D eigenvalue weighted by Gasteiger charge is 2.28. The van der Waals surface area contributed by atoms with Crippen LogP contribution in [0.4, 0.5) is 0 Å². The maximum atomic E-state index is 3.60. The fraction of sp³-hybridized carbons (Fsp3) is 1.00. The van der Waals surface area contributed by atoms with E-state index in [1.54, 1.807) is 0 Å². The van der Waals surface area contributed by atoms with E-state index in [1.807, 2.05) is 0 Å². The third-order valence-electron chi connectivity index (χ3n) is 4.47. The number of nitrogens with one attached hydrogen (secondary N) is 1. The summed E-state index contributed by atoms with van der Waals surface area (Å²) in [6.07, 6.45) is 10.2. The van der Waals surface area contributed by atoms with Gasteiger partial charge in [0.05, 0.1) is 0 Å². The van der Waals surface area contributed by atoms with Gasteiger partial charge in [-0.15, -0.1) is 0 Å². The van der Waals surface area contributed by atoms with Crippen molar-refractivity contribution in [3.05, 3.63) is 0 Å². The predicted octanol–water partition coefficient (Wildman–Crippen LogP) is 3.03. The number of rotatable bonds is 4. The van der Waals surface area contributed by atoms with Gasteiger partial charge in [-0.3, -0.25) is 0 Å². The van der Waals surface area contributed by atoms with E-state index in [2.05, 4.69) is 24.1 Å². The molecule has 0 aromatic carbocycles. The molecule has 1 atom stereocenters. The lowest BCUT2D eigenvalue weighted by molar-refractivity contribution is 0.212. The summed E-state index contributed by atoms with van der Waals surface area (Å²) in [5, 5.41) is 3.60. The second-order valence-corrected chi connectivity index (χ2v) is 6.36. The Hall–Kier alpha value is -0.0800. The van der Waals surface area contributed by atoms with Crippen LogP contribution in [0.1, 0.15) is 58.8 Å². The Morgan fingerprint density at radius 3 is 2.41 bits per heavy atom. The van der Waals surface area contributed by atoms with Crippen molar-refractivity contribution in [2.24, 2.45) is 5.92 Å². The number of hydrogen-bond donors (Lipinski definition) is 1. The molecule has 1 saturated heterocycles. The minimum absolute atomic E-state index is 0.641. The van der Waals surface area contributed by atoms with Crippen LogP contribution in [-0.4, -0.2) is 36.6 Å². The van der Waals surface area contributed by atoms with Crippen molar-refractivity contribution in [3.63, 3.8) is 0 Å². The van der Waals surface area contributed by atoms with Gasteiger partial charge in [-0.2, -0.15) is 0 Å². The van der Waals surface area contributed by atoms with Crippen LogP contribution in [0.15, 0.2) is 0 Å². The molecule has 1 saturated carbocycles. The van der Waals surface area contributed by atoms with Gasteiger partial charge in [0.15, 0.2) is 0 Å². The lowest BCUT2D eigenvalue weighted by Crippen LogP contribution is -2.35. The highest BCUT2D eigenvalue weighted by Crippen LogP contribution is 2.26. The molecule has 1 aliphatic heterocycles. The maximum absolute atomic E-state index is 3.60. The minimum Gasteiger partial charge on any atom is -0.314 e. The van der Waals surface area contributed by atoms with Crippen LogP contribution in [0.2, 0.25) is 0 Å². The van der Waals surface area contributed by atoms with Crippen LogP contribution < -0.4 is 5.32 Å². The molecular formula is C15H30N2. The molecule has 1 aliphatic carbocycles. The summed E-state index contributed by atoms with van der Waals surface area (Å²) in [5.74, 6) is 0.903. The summed E-state index contributed by atoms with van der Waals surface area (Å²) in [6, 6.07) is 1.56. The number of hydrogen-bond acceptors (Lipinski definition) is 2. The van der Waals surface area contributed by atoms with Gasteiger partial charge in [-0.25, -0.2) is 0 Å². The molecule has 1 N–H and O–H groups in total. The Bertz CT molecular complexity index is 207. The van der Waals surface area contributed by atoms with Gasteiger partial charge >= 0.3 is 0 Å². The van der Waals surface area contributed by atoms with Gasteiger partial charge in [-0.1, -0.05) is 39.5 Å². The van der Waals surface area contributed by atoms with E-state index in [-0.39, 0.29) is 0 Å². The van der Waals surface area contributed by atoms with Crippen molar-refractivity contribution in [3.8, 4) is 0 Å². The molecule has 0 aromatic rings. The summed E-state index contributed by atoms with van der Waals surface area (Å²) < 4.78 is 0. The van der Waals surface area contributed by atoms with Crippen molar-refractivity contribution in [1.82, 2.24) is 10.2 Å². The Morgan fingerprint density at radius 1 is 1.06 bits per heavy atom. The Kier molecular flexibility index (Phi) is 5.30. The van der Waals surface area contributed by atoms with E-state index < -0.39 is 0 Å². The zero-order valence-electron chi connectivity index (χ0n) is 11.8. The van der Waals surface area contributed by atoms with E-state index in [9.17, 15) is 0 Å². The fourth-order valence-corrected chi connectivity index (χ4v) is 3.39. The van der Waals surface area contributed by atoms with Gasteiger partial charge in [0, 0.05) is 18.6 Å². The van der Waals surface area contributed by atoms with E-state index in [4.69, 9.17) is 0 Å². The SMILES string of the molecule is CC(C)NCC1CCN(C2CCCCCC2)C1. The average molecular weight is 238 g/mol. The van der Waals surface area contributed by atoms with Gasteiger partial charge in [-0.05, 0) is 38.3 Å². The summed E-state index contributed by atoms with van der Waals surface area (Å²) in [4.78, 5) is 2.79. The Morgan fingerprint density at radius 2 is 1.76 bits per heavy atom. The molecule has 2 rings (SSSR count). The van der Waals surface area contributed by atoms with E-state index >= 15 is 0 Å². The third kappa shape index (κ3) is 4.26. The largest absolute Gasteiger partial charge is 0.314 e. The first-order valence-corrected chi connectivity index (χ1v) is 7.73. The molecule has 1 unspecified atom stereocenters. The predicted molar refractivity (Wildman–Crippen MR) is 74.3 cm³/mol. The maximum Gasteiger partial charge on any atom is 0.00953 e. The first-order valence-electron chi connectivity index (χ1n) is 7.73. The molecule has 0 aromatic heterocycles. The van der Waals surface area contributed by atoms with Gasteiger partial charge < -0.3 is 10.2 Å². The molecule has 2 nitrogen and oxygen atoms in total. The second kappa shape index (κ2) is 6.75. The minimum atomic E-state index is 0.641. The van der Waals surface area contributed by atoms with Gasteiger partial charge in [0.2, 0.25) is 0 Å². The van der Waals surface area contributed by atoms with Crippen molar-refractivity contribution in [2.75, 3.05) is 19.6 Å². The lowest BCUT2D eigenvalue weighted by atomic mass is 10.1. The molecule has 0 radical (unpaired) electrons. The summed E-state index contributed by atoms with van der Waals surface area (Å²) >= 11 is 0. The highest BCUT2D eigenvalue weighted by atomic mass is 15.2. The molecular weight excluding hydrogens is 208 g/mol. The standard InChI is InChI=1S/C15H30N2/c1-13(2)16-11-14-9-10-17(12-14)15-7-5-3-4-6-8-15/h13-16H,3-12H2,1-2H3. The van der Waals surface area contributed by atoms with Crippen molar-refractivity contribution < 1.29 is 0 Å². The molecule has 1 heterocycles. The normalized spacial score (nSPS) is 28.8. The van der Waals surface area contributed by atoms with E-state index in [0.717, 1.165) is 12.0 Å². The van der Waals surface area contributed by atoms with Gasteiger partial charge in [0.1, 0.15) is 0 Å². The van der Waals surface area contributed by atoms with Crippen LogP contribution >= 0.6 is 0 Å². The first kappa shape index (κ1) is 13.4.